The highest BCUT2D eigenvalue weighted by Gasteiger charge is 2.12. The van der Waals surface area contributed by atoms with Gasteiger partial charge in [0.05, 0.1) is 0 Å². The normalized spacial score (nSPS) is 10.4. The van der Waals surface area contributed by atoms with Crippen molar-refractivity contribution in [2.45, 2.75) is 13.8 Å². The Balaban J connectivity index is 1.83. The van der Waals surface area contributed by atoms with Crippen molar-refractivity contribution < 1.29 is 4.79 Å². The minimum Gasteiger partial charge on any atom is -0.345 e. The molecule has 0 atom stereocenters. The van der Waals surface area contributed by atoms with Crippen LogP contribution >= 0.6 is 0 Å². The summed E-state index contributed by atoms with van der Waals surface area (Å²) in [7, 11) is 1.97. The van der Waals surface area contributed by atoms with Crippen LogP contribution in [0.3, 0.4) is 0 Å². The molecule has 0 aliphatic carbocycles. The maximum atomic E-state index is 12.6. The second-order valence-electron chi connectivity index (χ2n) is 6.00. The summed E-state index contributed by atoms with van der Waals surface area (Å²) >= 11 is 0. The summed E-state index contributed by atoms with van der Waals surface area (Å²) in [4.78, 5) is 18.8. The van der Waals surface area contributed by atoms with Gasteiger partial charge in [0.2, 0.25) is 0 Å². The monoisotopic (exact) mass is 331 g/mol. The topological polar surface area (TPSA) is 45.2 Å². The maximum absolute atomic E-state index is 12.6. The fraction of sp³-hybridized carbons (Fsp3) is 0.143. The van der Waals surface area contributed by atoms with Crippen LogP contribution in [-0.2, 0) is 0 Å². The fourth-order valence-corrected chi connectivity index (χ4v) is 2.63. The van der Waals surface area contributed by atoms with Crippen molar-refractivity contribution >= 4 is 23.0 Å². The fourth-order valence-electron chi connectivity index (χ4n) is 2.63. The number of anilines is 3. The number of carbonyl (C=O) groups is 1. The molecule has 3 rings (SSSR count). The van der Waals surface area contributed by atoms with Gasteiger partial charge in [-0.3, -0.25) is 9.78 Å². The number of nitrogens with zero attached hydrogens (tertiary/aromatic N) is 2. The third-order valence-corrected chi connectivity index (χ3v) is 4.36. The van der Waals surface area contributed by atoms with Gasteiger partial charge in [-0.2, -0.15) is 0 Å². The molecule has 126 valence electrons. The number of carbonyl (C=O) groups excluding carboxylic acids is 1. The van der Waals surface area contributed by atoms with Gasteiger partial charge >= 0.3 is 0 Å². The van der Waals surface area contributed by atoms with Gasteiger partial charge in [0.15, 0.2) is 0 Å². The first kappa shape index (κ1) is 16.7. The molecule has 25 heavy (non-hydrogen) atoms. The summed E-state index contributed by atoms with van der Waals surface area (Å²) in [5, 5.41) is 2.95. The lowest BCUT2D eigenvalue weighted by molar-refractivity contribution is 0.102. The van der Waals surface area contributed by atoms with Crippen molar-refractivity contribution in [1.82, 2.24) is 4.98 Å². The van der Waals surface area contributed by atoms with Crippen LogP contribution in [0.15, 0.2) is 66.9 Å². The second-order valence-corrected chi connectivity index (χ2v) is 6.00. The van der Waals surface area contributed by atoms with Crippen LogP contribution in [0.25, 0.3) is 0 Å². The predicted octanol–water partition coefficient (Wildman–Crippen LogP) is 4.72. The van der Waals surface area contributed by atoms with E-state index in [0.29, 0.717) is 5.69 Å². The highest BCUT2D eigenvalue weighted by molar-refractivity contribution is 6.03. The number of nitrogens with one attached hydrogen (secondary N) is 1. The molecule has 4 heteroatoms. The van der Waals surface area contributed by atoms with Crippen LogP contribution < -0.4 is 10.2 Å². The van der Waals surface area contributed by atoms with Crippen molar-refractivity contribution in [3.05, 3.63) is 83.7 Å². The van der Waals surface area contributed by atoms with Crippen LogP contribution in [0.1, 0.15) is 21.6 Å². The number of rotatable bonds is 4. The Morgan fingerprint density at radius 3 is 2.48 bits per heavy atom. The molecule has 0 radical (unpaired) electrons. The van der Waals surface area contributed by atoms with Gasteiger partial charge in [-0.25, -0.2) is 0 Å². The van der Waals surface area contributed by atoms with Crippen molar-refractivity contribution in [1.29, 1.82) is 0 Å². The number of benzene rings is 2. The van der Waals surface area contributed by atoms with Gasteiger partial charge in [-0.05, 0) is 55.3 Å². The SMILES string of the molecule is Cc1cccc(NC(=O)c2cc(N(C)c3ccccc3)ccn2)c1C. The summed E-state index contributed by atoms with van der Waals surface area (Å²) in [6.07, 6.45) is 1.66. The molecule has 3 aromatic rings. The number of hydrogen-bond donors (Lipinski definition) is 1. The van der Waals surface area contributed by atoms with Gasteiger partial charge < -0.3 is 10.2 Å². The molecule has 1 aromatic heterocycles. The average Bonchev–Trinajstić information content (AvgIpc) is 2.65. The van der Waals surface area contributed by atoms with E-state index < -0.39 is 0 Å². The van der Waals surface area contributed by atoms with Crippen molar-refractivity contribution in [2.24, 2.45) is 0 Å². The Bertz CT molecular complexity index is 891. The molecule has 0 fully saturated rings. The van der Waals surface area contributed by atoms with E-state index >= 15 is 0 Å². The van der Waals surface area contributed by atoms with Crippen molar-refractivity contribution in [2.75, 3.05) is 17.3 Å². The van der Waals surface area contributed by atoms with Gasteiger partial charge in [0, 0.05) is 30.3 Å². The minimum atomic E-state index is -0.211. The van der Waals surface area contributed by atoms with Crippen molar-refractivity contribution in [3.63, 3.8) is 0 Å². The molecule has 0 unspecified atom stereocenters. The smallest absolute Gasteiger partial charge is 0.274 e. The number of amides is 1. The molecule has 1 N–H and O–H groups in total. The van der Waals surface area contributed by atoms with E-state index in [0.717, 1.165) is 28.2 Å². The Labute approximate surface area is 148 Å². The van der Waals surface area contributed by atoms with E-state index in [2.05, 4.69) is 10.3 Å². The number of pyridine rings is 1. The van der Waals surface area contributed by atoms with Gasteiger partial charge in [0.25, 0.3) is 5.91 Å². The maximum Gasteiger partial charge on any atom is 0.274 e. The number of aromatic nitrogens is 1. The molecule has 0 saturated heterocycles. The van der Waals surface area contributed by atoms with Crippen LogP contribution in [0, 0.1) is 13.8 Å². The third-order valence-electron chi connectivity index (χ3n) is 4.36. The summed E-state index contributed by atoms with van der Waals surface area (Å²) < 4.78 is 0. The third kappa shape index (κ3) is 3.69. The van der Waals surface area contributed by atoms with E-state index in [9.17, 15) is 4.79 Å². The molecule has 1 amide bonds. The number of aryl methyl sites for hydroxylation is 1. The highest BCUT2D eigenvalue weighted by Crippen LogP contribution is 2.24. The predicted molar refractivity (Wildman–Crippen MR) is 103 cm³/mol. The summed E-state index contributed by atoms with van der Waals surface area (Å²) in [5.41, 5.74) is 5.37. The first-order valence-electron chi connectivity index (χ1n) is 8.18. The number of para-hydroxylation sites is 1. The van der Waals surface area contributed by atoms with E-state index in [1.54, 1.807) is 12.3 Å². The molecular weight excluding hydrogens is 310 g/mol. The molecular formula is C21H21N3O. The van der Waals surface area contributed by atoms with E-state index in [-0.39, 0.29) is 5.91 Å². The van der Waals surface area contributed by atoms with Gasteiger partial charge in [-0.1, -0.05) is 30.3 Å². The summed E-state index contributed by atoms with van der Waals surface area (Å²) in [5.74, 6) is -0.211. The number of hydrogen-bond acceptors (Lipinski definition) is 3. The average molecular weight is 331 g/mol. The Kier molecular flexibility index (Phi) is 4.80. The van der Waals surface area contributed by atoms with Gasteiger partial charge in [0.1, 0.15) is 5.69 Å². The Morgan fingerprint density at radius 1 is 0.960 bits per heavy atom. The molecule has 0 aliphatic heterocycles. The Morgan fingerprint density at radius 2 is 1.72 bits per heavy atom. The highest BCUT2D eigenvalue weighted by atomic mass is 16.1. The second kappa shape index (κ2) is 7.18. The first-order chi connectivity index (χ1) is 12.1. The lowest BCUT2D eigenvalue weighted by atomic mass is 10.1. The lowest BCUT2D eigenvalue weighted by Crippen LogP contribution is -2.16. The summed E-state index contributed by atoms with van der Waals surface area (Å²) in [6, 6.07) is 19.6. The quantitative estimate of drug-likeness (QED) is 0.752. The van der Waals surface area contributed by atoms with E-state index in [1.807, 2.05) is 80.4 Å². The van der Waals surface area contributed by atoms with Crippen molar-refractivity contribution in [3.8, 4) is 0 Å². The molecule has 1 heterocycles. The first-order valence-corrected chi connectivity index (χ1v) is 8.18. The van der Waals surface area contributed by atoms with Crippen LogP contribution in [0.5, 0.6) is 0 Å². The van der Waals surface area contributed by atoms with Crippen LogP contribution in [0.4, 0.5) is 17.1 Å². The standard InChI is InChI=1S/C21H21N3O/c1-15-8-7-11-19(16(15)2)23-21(25)20-14-18(12-13-22-20)24(3)17-9-5-4-6-10-17/h4-14H,1-3H3,(H,23,25). The molecule has 0 bridgehead atoms. The summed E-state index contributed by atoms with van der Waals surface area (Å²) in [6.45, 7) is 4.02. The molecule has 0 saturated carbocycles. The minimum absolute atomic E-state index is 0.211. The zero-order valence-electron chi connectivity index (χ0n) is 14.7. The van der Waals surface area contributed by atoms with E-state index in [4.69, 9.17) is 0 Å². The molecule has 2 aromatic carbocycles. The zero-order valence-corrected chi connectivity index (χ0v) is 14.7. The van der Waals surface area contributed by atoms with Crippen LogP contribution in [0.2, 0.25) is 0 Å². The zero-order chi connectivity index (χ0) is 17.8. The molecule has 0 aliphatic rings. The molecule has 4 nitrogen and oxygen atoms in total. The Hall–Kier alpha value is -3.14. The largest absolute Gasteiger partial charge is 0.345 e. The van der Waals surface area contributed by atoms with E-state index in [1.165, 1.54) is 0 Å². The van der Waals surface area contributed by atoms with Crippen LogP contribution in [-0.4, -0.2) is 17.9 Å². The molecule has 0 spiro atoms. The lowest BCUT2D eigenvalue weighted by Gasteiger charge is -2.19. The van der Waals surface area contributed by atoms with Gasteiger partial charge in [-0.15, -0.1) is 0 Å².